The van der Waals surface area contributed by atoms with Gasteiger partial charge in [0.15, 0.2) is 23.1 Å². The first kappa shape index (κ1) is 24.8. The molecule has 4 rings (SSSR count). The number of hydrogen-bond donors (Lipinski definition) is 1. The number of benzene rings is 1. The molecule has 0 saturated heterocycles. The zero-order chi connectivity index (χ0) is 24.4. The van der Waals surface area contributed by atoms with Gasteiger partial charge in [-0.25, -0.2) is 0 Å². The van der Waals surface area contributed by atoms with Crippen LogP contribution >= 0.6 is 22.6 Å². The van der Waals surface area contributed by atoms with Gasteiger partial charge in [0.1, 0.15) is 6.54 Å². The summed E-state index contributed by atoms with van der Waals surface area (Å²) in [5.41, 5.74) is 3.48. The van der Waals surface area contributed by atoms with Crippen LogP contribution in [0.3, 0.4) is 0 Å². The molecule has 0 bridgehead atoms. The molecule has 34 heavy (non-hydrogen) atoms. The molecule has 1 aliphatic heterocycles. The molecule has 0 fully saturated rings. The van der Waals surface area contributed by atoms with E-state index in [0.29, 0.717) is 74.4 Å². The van der Waals surface area contributed by atoms with Crippen molar-refractivity contribution < 1.29 is 29.0 Å². The normalized spacial score (nSPS) is 18.7. The SMILES string of the molecule is CCCOc1c(I)cc(C2C3=C(CCCC3=O)N(CC(=O)O)C3=C2C(=O)CCC3)cc1OCC. The van der Waals surface area contributed by atoms with Crippen LogP contribution in [0.15, 0.2) is 34.7 Å². The number of nitrogens with zero attached hydrogens (tertiary/aromatic N) is 1. The highest BCUT2D eigenvalue weighted by Gasteiger charge is 2.44. The second-order valence-electron chi connectivity index (χ2n) is 8.80. The smallest absolute Gasteiger partial charge is 0.323 e. The molecule has 0 saturated carbocycles. The minimum Gasteiger partial charge on any atom is -0.490 e. The largest absolute Gasteiger partial charge is 0.490 e. The summed E-state index contributed by atoms with van der Waals surface area (Å²) < 4.78 is 12.7. The summed E-state index contributed by atoms with van der Waals surface area (Å²) >= 11 is 2.22. The predicted molar refractivity (Wildman–Crippen MR) is 135 cm³/mol. The van der Waals surface area contributed by atoms with Gasteiger partial charge in [-0.3, -0.25) is 14.4 Å². The molecule has 0 spiro atoms. The maximum absolute atomic E-state index is 13.3. The van der Waals surface area contributed by atoms with Crippen LogP contribution in [0.1, 0.15) is 70.3 Å². The van der Waals surface area contributed by atoms with Crippen molar-refractivity contribution in [2.24, 2.45) is 0 Å². The Morgan fingerprint density at radius 3 is 2.18 bits per heavy atom. The van der Waals surface area contributed by atoms with Crippen LogP contribution in [-0.4, -0.2) is 47.3 Å². The van der Waals surface area contributed by atoms with Gasteiger partial charge >= 0.3 is 5.97 Å². The first-order valence-corrected chi connectivity index (χ1v) is 13.1. The number of carbonyl (C=O) groups is 3. The van der Waals surface area contributed by atoms with E-state index in [-0.39, 0.29) is 18.1 Å². The highest BCUT2D eigenvalue weighted by molar-refractivity contribution is 14.1. The van der Waals surface area contributed by atoms with Gasteiger partial charge in [-0.2, -0.15) is 0 Å². The van der Waals surface area contributed by atoms with Gasteiger partial charge in [0.2, 0.25) is 0 Å². The zero-order valence-electron chi connectivity index (χ0n) is 19.6. The Morgan fingerprint density at radius 2 is 1.65 bits per heavy atom. The topological polar surface area (TPSA) is 93.1 Å². The minimum atomic E-state index is -0.973. The molecule has 1 heterocycles. The number of carboxylic acids is 1. The molecule has 0 atom stereocenters. The fourth-order valence-electron chi connectivity index (χ4n) is 5.24. The average Bonchev–Trinajstić information content (AvgIpc) is 2.79. The summed E-state index contributed by atoms with van der Waals surface area (Å²) in [6.45, 7) is 4.72. The first-order chi connectivity index (χ1) is 16.4. The number of rotatable bonds is 8. The lowest BCUT2D eigenvalue weighted by molar-refractivity contribution is -0.138. The number of hydrogen-bond acceptors (Lipinski definition) is 6. The second kappa shape index (κ2) is 10.5. The molecule has 3 aliphatic rings. The molecule has 1 aromatic rings. The van der Waals surface area contributed by atoms with Gasteiger partial charge in [0.05, 0.1) is 16.8 Å². The maximum Gasteiger partial charge on any atom is 0.323 e. The number of carbonyl (C=O) groups excluding carboxylic acids is 2. The van der Waals surface area contributed by atoms with Crippen molar-refractivity contribution in [1.82, 2.24) is 4.90 Å². The van der Waals surface area contributed by atoms with Crippen molar-refractivity contribution in [3.05, 3.63) is 43.8 Å². The summed E-state index contributed by atoms with van der Waals surface area (Å²) in [5, 5.41) is 9.61. The van der Waals surface area contributed by atoms with E-state index in [0.717, 1.165) is 26.9 Å². The summed E-state index contributed by atoms with van der Waals surface area (Å²) in [6.07, 6.45) is 4.29. The van der Waals surface area contributed by atoms with Crippen molar-refractivity contribution in [1.29, 1.82) is 0 Å². The van der Waals surface area contributed by atoms with E-state index in [9.17, 15) is 19.5 Å². The lowest BCUT2D eigenvalue weighted by Crippen LogP contribution is -2.41. The highest BCUT2D eigenvalue weighted by atomic mass is 127. The van der Waals surface area contributed by atoms with Crippen LogP contribution in [0, 0.1) is 3.57 Å². The minimum absolute atomic E-state index is 0.00848. The molecule has 1 aromatic carbocycles. The molecule has 8 heteroatoms. The van der Waals surface area contributed by atoms with Crippen molar-refractivity contribution in [2.75, 3.05) is 19.8 Å². The van der Waals surface area contributed by atoms with Crippen LogP contribution in [0.5, 0.6) is 11.5 Å². The van der Waals surface area contributed by atoms with E-state index >= 15 is 0 Å². The fourth-order valence-corrected chi connectivity index (χ4v) is 6.02. The number of ketones is 2. The van der Waals surface area contributed by atoms with E-state index in [1.54, 1.807) is 4.90 Å². The van der Waals surface area contributed by atoms with E-state index in [4.69, 9.17) is 9.47 Å². The van der Waals surface area contributed by atoms with Crippen molar-refractivity contribution in [3.63, 3.8) is 0 Å². The molecule has 0 aromatic heterocycles. The number of Topliss-reactive ketones (excluding diaryl/α,β-unsaturated/α-hetero) is 2. The molecule has 0 unspecified atom stereocenters. The molecule has 0 amide bonds. The molecule has 2 aliphatic carbocycles. The van der Waals surface area contributed by atoms with Crippen LogP contribution in [-0.2, 0) is 14.4 Å². The van der Waals surface area contributed by atoms with Crippen molar-refractivity contribution in [3.8, 4) is 11.5 Å². The number of aliphatic carboxylic acids is 1. The van der Waals surface area contributed by atoms with E-state index in [1.807, 2.05) is 26.0 Å². The van der Waals surface area contributed by atoms with E-state index < -0.39 is 11.9 Å². The van der Waals surface area contributed by atoms with Crippen molar-refractivity contribution >= 4 is 40.1 Å². The van der Waals surface area contributed by atoms with Crippen LogP contribution in [0.4, 0.5) is 0 Å². The van der Waals surface area contributed by atoms with Crippen LogP contribution in [0.25, 0.3) is 0 Å². The first-order valence-electron chi connectivity index (χ1n) is 12.0. The van der Waals surface area contributed by atoms with Gasteiger partial charge in [0, 0.05) is 41.3 Å². The Hall–Kier alpha value is -2.36. The number of carboxylic acid groups (broad SMARTS) is 1. The third-order valence-corrected chi connectivity index (χ3v) is 7.30. The highest BCUT2D eigenvalue weighted by Crippen LogP contribution is 2.50. The van der Waals surface area contributed by atoms with E-state index in [2.05, 4.69) is 22.6 Å². The van der Waals surface area contributed by atoms with Crippen LogP contribution in [0.2, 0.25) is 0 Å². The number of halogens is 1. The molecular weight excluding hydrogens is 549 g/mol. The molecule has 182 valence electrons. The Kier molecular flexibility index (Phi) is 7.64. The predicted octanol–water partition coefficient (Wildman–Crippen LogP) is 4.98. The molecule has 1 N–H and O–H groups in total. The second-order valence-corrected chi connectivity index (χ2v) is 9.96. The van der Waals surface area contributed by atoms with Gasteiger partial charge in [-0.15, -0.1) is 0 Å². The van der Waals surface area contributed by atoms with Gasteiger partial charge in [-0.05, 0) is 79.3 Å². The van der Waals surface area contributed by atoms with Crippen LogP contribution < -0.4 is 9.47 Å². The Balaban J connectivity index is 1.93. The molecular formula is C26H30INO6. The van der Waals surface area contributed by atoms with Gasteiger partial charge < -0.3 is 19.5 Å². The zero-order valence-corrected chi connectivity index (χ0v) is 21.8. The van der Waals surface area contributed by atoms with Crippen molar-refractivity contribution in [2.45, 2.75) is 64.7 Å². The standard InChI is InChI=1S/C26H30INO6/c1-3-11-34-26-16(27)12-15(13-21(26)33-4-2)23-24-17(7-5-9-19(24)29)28(14-22(31)32)18-8-6-10-20(30)25(18)23/h12-13,23H,3-11,14H2,1-2H3,(H,31,32). The number of allylic oxidation sites excluding steroid dienone is 4. The summed E-state index contributed by atoms with van der Waals surface area (Å²) in [5.74, 6) is -0.231. The molecule has 7 nitrogen and oxygen atoms in total. The summed E-state index contributed by atoms with van der Waals surface area (Å²) in [4.78, 5) is 40.1. The third kappa shape index (κ3) is 4.61. The lowest BCUT2D eigenvalue weighted by atomic mass is 9.71. The lowest BCUT2D eigenvalue weighted by Gasteiger charge is -2.43. The monoisotopic (exact) mass is 579 g/mol. The Bertz CT molecular complexity index is 1050. The molecule has 0 radical (unpaired) electrons. The maximum atomic E-state index is 13.3. The van der Waals surface area contributed by atoms with Gasteiger partial charge in [-0.1, -0.05) is 6.92 Å². The average molecular weight is 579 g/mol. The van der Waals surface area contributed by atoms with E-state index in [1.165, 1.54) is 0 Å². The third-order valence-electron chi connectivity index (χ3n) is 6.50. The Labute approximate surface area is 213 Å². The summed E-state index contributed by atoms with van der Waals surface area (Å²) in [6, 6.07) is 3.87. The summed E-state index contributed by atoms with van der Waals surface area (Å²) in [7, 11) is 0. The van der Waals surface area contributed by atoms with Gasteiger partial charge in [0.25, 0.3) is 0 Å². The fraction of sp³-hybridized carbons (Fsp3) is 0.500. The quantitative estimate of drug-likeness (QED) is 0.435. The number of ether oxygens (including phenoxy) is 2. The Morgan fingerprint density at radius 1 is 1.03 bits per heavy atom.